The highest BCUT2D eigenvalue weighted by molar-refractivity contribution is 5.96. The third-order valence-corrected chi connectivity index (χ3v) is 9.32. The molecule has 6 unspecified atom stereocenters. The Morgan fingerprint density at radius 2 is 2.06 bits per heavy atom. The molecule has 4 aliphatic carbocycles. The summed E-state index contributed by atoms with van der Waals surface area (Å²) in [5, 5.41) is 23.1. The second-order valence-corrected chi connectivity index (χ2v) is 10.7. The highest BCUT2D eigenvalue weighted by Gasteiger charge is 2.58. The van der Waals surface area contributed by atoms with Crippen LogP contribution in [0.25, 0.3) is 0 Å². The van der Waals surface area contributed by atoms with E-state index in [2.05, 4.69) is 35.4 Å². The average Bonchev–Trinajstić information content (AvgIpc) is 3.35. The summed E-state index contributed by atoms with van der Waals surface area (Å²) < 4.78 is 1.75. The lowest BCUT2D eigenvalue weighted by Crippen LogP contribution is -2.51. The minimum absolute atomic E-state index is 0.0927. The number of oxime groups is 1. The number of fused-ring (bicyclic) bond motifs is 5. The van der Waals surface area contributed by atoms with Gasteiger partial charge in [-0.05, 0) is 86.0 Å². The van der Waals surface area contributed by atoms with E-state index in [0.29, 0.717) is 25.6 Å². The summed E-state index contributed by atoms with van der Waals surface area (Å²) in [4.78, 5) is 5.62. The minimum Gasteiger partial charge on any atom is -0.394 e. The van der Waals surface area contributed by atoms with E-state index in [-0.39, 0.29) is 16.9 Å². The third-order valence-electron chi connectivity index (χ3n) is 9.32. The van der Waals surface area contributed by atoms with E-state index >= 15 is 0 Å². The maximum atomic E-state index is 10.6. The molecule has 5 rings (SSSR count). The van der Waals surface area contributed by atoms with E-state index in [0.717, 1.165) is 42.5 Å². The lowest BCUT2D eigenvalue weighted by atomic mass is 9.47. The fraction of sp³-hybridized carbons (Fsp3) is 0.792. The highest BCUT2D eigenvalue weighted by Crippen LogP contribution is 2.65. The Labute approximate surface area is 185 Å². The summed E-state index contributed by atoms with van der Waals surface area (Å²) in [7, 11) is 0. The molecule has 0 amide bonds. The van der Waals surface area contributed by atoms with Crippen molar-refractivity contribution in [1.29, 1.82) is 0 Å². The molecule has 0 spiro atoms. The van der Waals surface area contributed by atoms with Gasteiger partial charge in [-0.2, -0.15) is 0 Å². The predicted octanol–water partition coefficient (Wildman–Crippen LogP) is 3.43. The quantitative estimate of drug-likeness (QED) is 0.554. The SMILES string of the molecule is CC12CCC(=NOCCn3cc(CN)nn3)C=C1CCC1C2CCC2(C)C(O)CCC12. The Hall–Kier alpha value is -1.73. The second-order valence-electron chi connectivity index (χ2n) is 10.7. The Kier molecular flexibility index (Phi) is 5.45. The van der Waals surface area contributed by atoms with Crippen LogP contribution in [0.15, 0.2) is 23.0 Å². The molecule has 6 atom stereocenters. The van der Waals surface area contributed by atoms with Crippen LogP contribution in [0.2, 0.25) is 0 Å². The smallest absolute Gasteiger partial charge is 0.136 e. The van der Waals surface area contributed by atoms with E-state index in [1.165, 1.54) is 32.1 Å². The number of nitrogens with two attached hydrogens (primary N) is 1. The maximum Gasteiger partial charge on any atom is 0.136 e. The van der Waals surface area contributed by atoms with Gasteiger partial charge >= 0.3 is 0 Å². The molecule has 170 valence electrons. The first-order valence-corrected chi connectivity index (χ1v) is 12.1. The Morgan fingerprint density at radius 1 is 1.19 bits per heavy atom. The van der Waals surface area contributed by atoms with Crippen LogP contribution in [0, 0.1) is 28.6 Å². The van der Waals surface area contributed by atoms with Gasteiger partial charge in [0.15, 0.2) is 0 Å². The predicted molar refractivity (Wildman–Crippen MR) is 119 cm³/mol. The average molecular weight is 428 g/mol. The lowest BCUT2D eigenvalue weighted by Gasteiger charge is -2.57. The van der Waals surface area contributed by atoms with Crippen LogP contribution in [-0.2, 0) is 17.9 Å². The zero-order valence-electron chi connectivity index (χ0n) is 19.0. The molecule has 0 radical (unpaired) electrons. The standard InChI is InChI=1S/C24H37N5O2/c1-23-9-7-17(27-31-12-11-29-15-18(14-25)26-28-29)13-16(23)3-4-19-20-5-6-22(30)24(20,2)10-8-21(19)23/h13,15,19-22,30H,3-12,14,25H2,1-2H3. The molecule has 0 aliphatic heterocycles. The van der Waals surface area contributed by atoms with E-state index in [9.17, 15) is 5.11 Å². The Morgan fingerprint density at radius 3 is 2.87 bits per heavy atom. The van der Waals surface area contributed by atoms with Crippen molar-refractivity contribution < 1.29 is 9.94 Å². The van der Waals surface area contributed by atoms with Gasteiger partial charge in [0.25, 0.3) is 0 Å². The van der Waals surface area contributed by atoms with Crippen molar-refractivity contribution in [3.05, 3.63) is 23.5 Å². The maximum absolute atomic E-state index is 10.6. The second kappa shape index (κ2) is 8.00. The molecule has 7 nitrogen and oxygen atoms in total. The minimum atomic E-state index is -0.0927. The number of rotatable bonds is 5. The molecule has 3 saturated carbocycles. The first kappa shape index (κ1) is 21.1. The number of aliphatic hydroxyl groups is 1. The van der Waals surface area contributed by atoms with Gasteiger partial charge < -0.3 is 15.7 Å². The molecule has 4 aliphatic rings. The highest BCUT2D eigenvalue weighted by atomic mass is 16.6. The monoisotopic (exact) mass is 427 g/mol. The number of allylic oxidation sites excluding steroid dienone is 2. The van der Waals surface area contributed by atoms with Crippen molar-refractivity contribution in [3.8, 4) is 0 Å². The van der Waals surface area contributed by atoms with Crippen molar-refractivity contribution in [2.45, 2.75) is 84.4 Å². The van der Waals surface area contributed by atoms with Gasteiger partial charge in [0, 0.05) is 12.7 Å². The topological polar surface area (TPSA) is 98.6 Å². The summed E-state index contributed by atoms with van der Waals surface area (Å²) in [6, 6.07) is 0. The molecule has 1 heterocycles. The lowest BCUT2D eigenvalue weighted by molar-refractivity contribution is -0.0722. The van der Waals surface area contributed by atoms with Crippen molar-refractivity contribution in [3.63, 3.8) is 0 Å². The van der Waals surface area contributed by atoms with Gasteiger partial charge in [0.1, 0.15) is 6.61 Å². The fourth-order valence-corrected chi connectivity index (χ4v) is 7.42. The van der Waals surface area contributed by atoms with Gasteiger partial charge in [0.2, 0.25) is 0 Å². The zero-order valence-corrected chi connectivity index (χ0v) is 19.0. The molecule has 3 N–H and O–H groups in total. The largest absolute Gasteiger partial charge is 0.394 e. The van der Waals surface area contributed by atoms with Crippen LogP contribution >= 0.6 is 0 Å². The van der Waals surface area contributed by atoms with Gasteiger partial charge in [-0.3, -0.25) is 0 Å². The van der Waals surface area contributed by atoms with Crippen LogP contribution < -0.4 is 5.73 Å². The van der Waals surface area contributed by atoms with Gasteiger partial charge in [-0.25, -0.2) is 4.68 Å². The summed E-state index contributed by atoms with van der Waals surface area (Å²) in [6.45, 7) is 6.36. The Balaban J connectivity index is 1.24. The molecule has 3 fully saturated rings. The number of nitrogens with zero attached hydrogens (tertiary/aromatic N) is 4. The van der Waals surface area contributed by atoms with Crippen molar-refractivity contribution in [2.75, 3.05) is 6.61 Å². The van der Waals surface area contributed by atoms with Crippen molar-refractivity contribution >= 4 is 5.71 Å². The van der Waals surface area contributed by atoms with Crippen LogP contribution in [0.4, 0.5) is 0 Å². The summed E-state index contributed by atoms with van der Waals surface area (Å²) in [5.41, 5.74) is 9.45. The molecule has 0 bridgehead atoms. The zero-order chi connectivity index (χ0) is 21.6. The third kappa shape index (κ3) is 3.54. The molecular formula is C24H37N5O2. The first-order chi connectivity index (χ1) is 14.9. The van der Waals surface area contributed by atoms with E-state index in [4.69, 9.17) is 10.6 Å². The first-order valence-electron chi connectivity index (χ1n) is 12.1. The molecule has 1 aromatic heterocycles. The molecule has 7 heteroatoms. The van der Waals surface area contributed by atoms with Crippen LogP contribution in [0.3, 0.4) is 0 Å². The molecule has 0 saturated heterocycles. The van der Waals surface area contributed by atoms with E-state index in [1.54, 1.807) is 10.3 Å². The molecule has 31 heavy (non-hydrogen) atoms. The van der Waals surface area contributed by atoms with Gasteiger partial charge in [-0.1, -0.05) is 29.8 Å². The van der Waals surface area contributed by atoms with Gasteiger partial charge in [-0.15, -0.1) is 5.10 Å². The van der Waals surface area contributed by atoms with Crippen molar-refractivity contribution in [1.82, 2.24) is 15.0 Å². The van der Waals surface area contributed by atoms with Crippen LogP contribution in [0.5, 0.6) is 0 Å². The Bertz CT molecular complexity index is 879. The number of hydrogen-bond donors (Lipinski definition) is 2. The number of hydrogen-bond acceptors (Lipinski definition) is 6. The molecule has 1 aromatic rings. The van der Waals surface area contributed by atoms with E-state index in [1.807, 2.05) is 6.20 Å². The summed E-state index contributed by atoms with van der Waals surface area (Å²) in [5.74, 6) is 2.23. The number of aliphatic hydroxyl groups excluding tert-OH is 1. The fourth-order valence-electron chi connectivity index (χ4n) is 7.42. The van der Waals surface area contributed by atoms with Crippen LogP contribution in [-0.4, -0.2) is 38.5 Å². The van der Waals surface area contributed by atoms with Crippen LogP contribution in [0.1, 0.15) is 70.9 Å². The molecule has 0 aromatic carbocycles. The number of aromatic nitrogens is 3. The molecular weight excluding hydrogens is 390 g/mol. The van der Waals surface area contributed by atoms with E-state index < -0.39 is 0 Å². The van der Waals surface area contributed by atoms with Crippen molar-refractivity contribution in [2.24, 2.45) is 39.5 Å². The summed E-state index contributed by atoms with van der Waals surface area (Å²) in [6.07, 6.45) is 13.3. The van der Waals surface area contributed by atoms with Gasteiger partial charge in [0.05, 0.1) is 24.1 Å². The summed E-state index contributed by atoms with van der Waals surface area (Å²) >= 11 is 0. The normalized spacial score (nSPS) is 40.8.